The molecule has 252 valence electrons. The van der Waals surface area contributed by atoms with Gasteiger partial charge in [0.15, 0.2) is 11.5 Å². The molecule has 3 amide bonds. The van der Waals surface area contributed by atoms with Gasteiger partial charge in [-0.25, -0.2) is 4.98 Å². The molecule has 6 rings (SSSR count). The van der Waals surface area contributed by atoms with Crippen LogP contribution in [-0.4, -0.2) is 86.1 Å². The third-order valence-corrected chi connectivity index (χ3v) is 9.75. The molecule has 2 aliphatic heterocycles. The van der Waals surface area contributed by atoms with Crippen molar-refractivity contribution in [3.63, 3.8) is 0 Å². The second-order valence-electron chi connectivity index (χ2n) is 12.6. The third-order valence-electron chi connectivity index (χ3n) is 9.44. The van der Waals surface area contributed by atoms with Gasteiger partial charge < -0.3 is 25.0 Å². The molecule has 0 radical (unpaired) electrons. The van der Waals surface area contributed by atoms with E-state index in [0.717, 1.165) is 51.6 Å². The monoisotopic (exact) mass is 674 g/mol. The van der Waals surface area contributed by atoms with Crippen LogP contribution in [0, 0.1) is 11.8 Å². The number of hydrogen-bond acceptors (Lipinski definition) is 6. The highest BCUT2D eigenvalue weighted by atomic mass is 35.5. The summed E-state index contributed by atoms with van der Waals surface area (Å²) >= 11 is 6.49. The zero-order chi connectivity index (χ0) is 33.3. The van der Waals surface area contributed by atoms with Crippen LogP contribution in [-0.2, 0) is 24.6 Å². The highest BCUT2D eigenvalue weighted by molar-refractivity contribution is 6.34. The molecule has 3 aromatic rings. The minimum Gasteiger partial charge on any atom is -0.339 e. The molecule has 2 saturated heterocycles. The summed E-state index contributed by atoms with van der Waals surface area (Å²) in [7, 11) is 1.47. The van der Waals surface area contributed by atoms with Gasteiger partial charge in [-0.2, -0.15) is 18.3 Å². The topological polar surface area (TPSA) is 117 Å². The number of alkyl halides is 3. The Hall–Kier alpha value is -3.91. The van der Waals surface area contributed by atoms with Gasteiger partial charge in [0.2, 0.25) is 5.91 Å². The van der Waals surface area contributed by atoms with Gasteiger partial charge in [-0.1, -0.05) is 24.4 Å². The molecule has 11 nitrogen and oxygen atoms in total. The minimum atomic E-state index is -4.68. The summed E-state index contributed by atoms with van der Waals surface area (Å²) in [5.74, 6) is -0.581. The number of aromatic nitrogens is 4. The van der Waals surface area contributed by atoms with E-state index in [1.807, 2.05) is 4.90 Å². The van der Waals surface area contributed by atoms with Crippen molar-refractivity contribution in [1.82, 2.24) is 34.4 Å². The summed E-state index contributed by atoms with van der Waals surface area (Å²) in [6, 6.07) is 4.50. The van der Waals surface area contributed by atoms with Crippen molar-refractivity contribution in [1.29, 1.82) is 0 Å². The largest absolute Gasteiger partial charge is 0.435 e. The fraction of sp³-hybridized carbons (Fsp3) is 0.531. The molecule has 0 spiro atoms. The molecular formula is C32H38ClF3N8O3. The number of anilines is 1. The van der Waals surface area contributed by atoms with Crippen LogP contribution in [0.3, 0.4) is 0 Å². The van der Waals surface area contributed by atoms with Gasteiger partial charge in [-0.05, 0) is 62.9 Å². The highest BCUT2D eigenvalue weighted by Gasteiger charge is 2.39. The van der Waals surface area contributed by atoms with Crippen LogP contribution in [0.15, 0.2) is 30.6 Å². The molecule has 2 aromatic heterocycles. The number of benzene rings is 1. The number of halogens is 4. The van der Waals surface area contributed by atoms with E-state index in [4.69, 9.17) is 11.6 Å². The van der Waals surface area contributed by atoms with E-state index in [9.17, 15) is 27.6 Å². The average Bonchev–Trinajstić information content (AvgIpc) is 3.81. The maximum atomic E-state index is 14.0. The predicted octanol–water partition coefficient (Wildman–Crippen LogP) is 4.68. The first-order valence-electron chi connectivity index (χ1n) is 16.1. The summed E-state index contributed by atoms with van der Waals surface area (Å²) in [6.45, 7) is 3.77. The number of imidazole rings is 1. The zero-order valence-corrected chi connectivity index (χ0v) is 26.9. The first kappa shape index (κ1) is 33.0. The Labute approximate surface area is 275 Å². The van der Waals surface area contributed by atoms with Crippen molar-refractivity contribution in [3.05, 3.63) is 52.7 Å². The minimum absolute atomic E-state index is 0.0238. The number of rotatable bonds is 7. The summed E-state index contributed by atoms with van der Waals surface area (Å²) in [6.07, 6.45) is 3.62. The number of nitrogens with zero attached hydrogens (tertiary/aromatic N) is 6. The van der Waals surface area contributed by atoms with Crippen molar-refractivity contribution in [2.24, 2.45) is 18.9 Å². The van der Waals surface area contributed by atoms with Crippen molar-refractivity contribution < 1.29 is 27.6 Å². The van der Waals surface area contributed by atoms with Gasteiger partial charge in [0.25, 0.3) is 11.8 Å². The Kier molecular flexibility index (Phi) is 9.60. The van der Waals surface area contributed by atoms with E-state index in [-0.39, 0.29) is 51.3 Å². The summed E-state index contributed by atoms with van der Waals surface area (Å²) < 4.78 is 44.6. The second-order valence-corrected chi connectivity index (χ2v) is 13.0. The van der Waals surface area contributed by atoms with Crippen LogP contribution < -0.4 is 10.6 Å². The Morgan fingerprint density at radius 3 is 2.36 bits per heavy atom. The van der Waals surface area contributed by atoms with Crippen molar-refractivity contribution in [3.8, 4) is 11.3 Å². The molecule has 4 heterocycles. The normalized spacial score (nSPS) is 18.1. The lowest BCUT2D eigenvalue weighted by molar-refractivity contribution is -0.141. The number of carbonyl (C=O) groups excluding carboxylic acids is 3. The lowest BCUT2D eigenvalue weighted by atomic mass is 9.96. The predicted molar refractivity (Wildman–Crippen MR) is 169 cm³/mol. The number of hydrogen-bond donors (Lipinski definition) is 2. The molecule has 15 heteroatoms. The van der Waals surface area contributed by atoms with Gasteiger partial charge >= 0.3 is 6.18 Å². The van der Waals surface area contributed by atoms with Gasteiger partial charge in [0.1, 0.15) is 0 Å². The highest BCUT2D eigenvalue weighted by Crippen LogP contribution is 2.37. The SMILES string of the molecule is Cn1c(-c2cn(CC3CCCC3)nc2C(F)(F)F)cnc1C(=O)Nc1ccc(C(=O)N2CCN(C(=O)C3CCNCC3)CC2)c(Cl)c1. The number of piperazine rings is 1. The average molecular weight is 675 g/mol. The van der Waals surface area contributed by atoms with E-state index in [0.29, 0.717) is 38.4 Å². The molecule has 0 unspecified atom stereocenters. The maximum absolute atomic E-state index is 14.0. The van der Waals surface area contributed by atoms with E-state index in [2.05, 4.69) is 20.7 Å². The maximum Gasteiger partial charge on any atom is 0.435 e. The first-order valence-corrected chi connectivity index (χ1v) is 16.4. The van der Waals surface area contributed by atoms with Crippen molar-refractivity contribution in [2.75, 3.05) is 44.6 Å². The van der Waals surface area contributed by atoms with E-state index >= 15 is 0 Å². The Bertz CT molecular complexity index is 1630. The Morgan fingerprint density at radius 1 is 1.02 bits per heavy atom. The molecule has 47 heavy (non-hydrogen) atoms. The van der Waals surface area contributed by atoms with E-state index in [1.54, 1.807) is 4.90 Å². The van der Waals surface area contributed by atoms with Crippen LogP contribution >= 0.6 is 11.6 Å². The molecule has 1 aromatic carbocycles. The Morgan fingerprint density at radius 2 is 1.70 bits per heavy atom. The third kappa shape index (κ3) is 7.18. The van der Waals surface area contributed by atoms with Gasteiger partial charge in [0.05, 0.1) is 28.0 Å². The number of amides is 3. The number of carbonyl (C=O) groups is 3. The van der Waals surface area contributed by atoms with Crippen molar-refractivity contribution >= 4 is 35.0 Å². The van der Waals surface area contributed by atoms with Gasteiger partial charge in [-0.15, -0.1) is 0 Å². The fourth-order valence-electron chi connectivity index (χ4n) is 6.82. The van der Waals surface area contributed by atoms with Crippen LogP contribution in [0.4, 0.5) is 18.9 Å². The van der Waals surface area contributed by atoms with Crippen molar-refractivity contribution in [2.45, 2.75) is 51.2 Å². The number of piperidine rings is 1. The molecule has 3 aliphatic rings. The summed E-state index contributed by atoms with van der Waals surface area (Å²) in [5, 5.41) is 9.94. The lowest BCUT2D eigenvalue weighted by Crippen LogP contribution is -2.52. The standard InChI is InChI=1S/C32H38ClF3N8O3/c1-41-26(24-19-44(18-20-4-2-3-5-20)40-27(24)32(34,35)36)17-38-28(41)29(45)39-22-6-7-23(25(33)16-22)31(47)43-14-12-42(13-15-43)30(46)21-8-10-37-11-9-21/h6-7,16-17,19-21,37H,2-5,8-15,18H2,1H3,(H,39,45). The smallest absolute Gasteiger partial charge is 0.339 e. The van der Waals surface area contributed by atoms with E-state index < -0.39 is 17.8 Å². The van der Waals surface area contributed by atoms with E-state index in [1.165, 1.54) is 46.9 Å². The first-order chi connectivity index (χ1) is 22.5. The molecule has 1 saturated carbocycles. The molecule has 0 bridgehead atoms. The zero-order valence-electron chi connectivity index (χ0n) is 26.2. The lowest BCUT2D eigenvalue weighted by Gasteiger charge is -2.37. The molecule has 3 fully saturated rings. The summed E-state index contributed by atoms with van der Waals surface area (Å²) in [4.78, 5) is 46.9. The molecule has 0 atom stereocenters. The fourth-order valence-corrected chi connectivity index (χ4v) is 7.08. The number of nitrogens with one attached hydrogen (secondary N) is 2. The van der Waals surface area contributed by atoms with Gasteiger partial charge in [0, 0.05) is 57.6 Å². The Balaban J connectivity index is 1.10. The molecular weight excluding hydrogens is 637 g/mol. The van der Waals surface area contributed by atoms with Gasteiger partial charge in [-0.3, -0.25) is 19.1 Å². The van der Waals surface area contributed by atoms with Crippen LogP contribution in [0.5, 0.6) is 0 Å². The quantitative estimate of drug-likeness (QED) is 0.376. The van der Waals surface area contributed by atoms with Crippen LogP contribution in [0.2, 0.25) is 5.02 Å². The van der Waals surface area contributed by atoms with Crippen LogP contribution in [0.1, 0.15) is 65.2 Å². The van der Waals surface area contributed by atoms with Crippen LogP contribution in [0.25, 0.3) is 11.3 Å². The second kappa shape index (κ2) is 13.7. The molecule has 1 aliphatic carbocycles. The summed E-state index contributed by atoms with van der Waals surface area (Å²) in [5.41, 5.74) is -0.508. The molecule has 2 N–H and O–H groups in total.